The second-order valence-corrected chi connectivity index (χ2v) is 13.3. The summed E-state index contributed by atoms with van der Waals surface area (Å²) in [6.07, 6.45) is 0.801. The molecule has 3 aromatic rings. The molecule has 0 atom stereocenters. The molecule has 1 heterocycles. The van der Waals surface area contributed by atoms with Crippen LogP contribution in [0.2, 0.25) is 0 Å². The van der Waals surface area contributed by atoms with E-state index in [9.17, 15) is 21.6 Å². The van der Waals surface area contributed by atoms with Crippen molar-refractivity contribution in [3.63, 3.8) is 0 Å². The summed E-state index contributed by atoms with van der Waals surface area (Å²) >= 11 is 0. The van der Waals surface area contributed by atoms with Gasteiger partial charge in [0, 0.05) is 30.8 Å². The van der Waals surface area contributed by atoms with Gasteiger partial charge in [-0.15, -0.1) is 0 Å². The van der Waals surface area contributed by atoms with Gasteiger partial charge in [-0.25, -0.2) is 21.1 Å². The summed E-state index contributed by atoms with van der Waals surface area (Å²) in [5.74, 6) is 0.149. The highest BCUT2D eigenvalue weighted by molar-refractivity contribution is 7.92. The molecular formula is C28H33N3O7S2. The number of sulfonamides is 2. The number of ether oxygens (including phenoxy) is 2. The zero-order valence-corrected chi connectivity index (χ0v) is 24.2. The molecule has 1 saturated heterocycles. The van der Waals surface area contributed by atoms with Crippen LogP contribution in [0, 0.1) is 12.8 Å². The lowest BCUT2D eigenvalue weighted by molar-refractivity contribution is -0.120. The Balaban J connectivity index is 1.34. The molecule has 0 spiro atoms. The van der Waals surface area contributed by atoms with Crippen molar-refractivity contribution in [3.8, 4) is 11.5 Å². The molecule has 4 rings (SSSR count). The molecule has 0 radical (unpaired) electrons. The highest BCUT2D eigenvalue weighted by Gasteiger charge is 2.31. The summed E-state index contributed by atoms with van der Waals surface area (Å²) in [5, 5.41) is 2.81. The molecule has 0 bridgehead atoms. The Labute approximate surface area is 235 Å². The van der Waals surface area contributed by atoms with Crippen molar-refractivity contribution in [3.05, 3.63) is 77.9 Å². The molecular weight excluding hydrogens is 554 g/mol. The minimum Gasteiger partial charge on any atom is -0.497 e. The molecule has 0 saturated carbocycles. The summed E-state index contributed by atoms with van der Waals surface area (Å²) in [7, 11) is -4.52. The SMILES string of the molecule is COc1ccc(OC)c(NS(=O)(=O)c2ccc(NC(=O)C3CCN(S(=O)(=O)Cc4cccc(C)c4)CC3)cc2)c1. The first kappa shape index (κ1) is 29.4. The van der Waals surface area contributed by atoms with Gasteiger partial charge in [-0.05, 0) is 61.7 Å². The van der Waals surface area contributed by atoms with Crippen molar-refractivity contribution < 1.29 is 31.1 Å². The molecule has 0 aliphatic carbocycles. The number of anilines is 2. The number of carbonyl (C=O) groups excluding carboxylic acids is 1. The molecule has 1 amide bonds. The van der Waals surface area contributed by atoms with Gasteiger partial charge >= 0.3 is 0 Å². The van der Waals surface area contributed by atoms with Crippen molar-refractivity contribution in [2.24, 2.45) is 5.92 Å². The fraction of sp³-hybridized carbons (Fsp3) is 0.321. The third kappa shape index (κ3) is 7.12. The molecule has 0 unspecified atom stereocenters. The Morgan fingerprint density at radius 3 is 2.25 bits per heavy atom. The number of benzene rings is 3. The van der Waals surface area contributed by atoms with Crippen molar-refractivity contribution >= 4 is 37.3 Å². The minimum absolute atomic E-state index is 0.00231. The summed E-state index contributed by atoms with van der Waals surface area (Å²) in [6, 6.07) is 18.0. The zero-order chi connectivity index (χ0) is 28.9. The number of hydrogen-bond donors (Lipinski definition) is 2. The highest BCUT2D eigenvalue weighted by atomic mass is 32.2. The van der Waals surface area contributed by atoms with Crippen LogP contribution in [0.25, 0.3) is 0 Å². The Morgan fingerprint density at radius 2 is 1.62 bits per heavy atom. The van der Waals surface area contributed by atoms with Crippen LogP contribution in [-0.4, -0.2) is 54.4 Å². The van der Waals surface area contributed by atoms with Gasteiger partial charge in [0.1, 0.15) is 11.5 Å². The standard InChI is InChI=1S/C28H33N3O7S2/c1-20-5-4-6-21(17-20)19-39(33,34)31-15-13-22(14-16-31)28(32)29-23-7-10-25(11-8-23)40(35,36)30-26-18-24(37-2)9-12-27(26)38-3/h4-12,17-18,22,30H,13-16,19H2,1-3H3,(H,29,32). The van der Waals surface area contributed by atoms with Crippen molar-refractivity contribution in [1.29, 1.82) is 0 Å². The quantitative estimate of drug-likeness (QED) is 0.367. The number of nitrogens with one attached hydrogen (secondary N) is 2. The molecule has 10 nitrogen and oxygen atoms in total. The van der Waals surface area contributed by atoms with Crippen molar-refractivity contribution in [2.75, 3.05) is 37.3 Å². The van der Waals surface area contributed by atoms with Crippen LogP contribution in [0.1, 0.15) is 24.0 Å². The number of carbonyl (C=O) groups is 1. The van der Waals surface area contributed by atoms with Crippen LogP contribution in [0.4, 0.5) is 11.4 Å². The smallest absolute Gasteiger partial charge is 0.262 e. The van der Waals surface area contributed by atoms with Gasteiger partial charge in [0.15, 0.2) is 0 Å². The summed E-state index contributed by atoms with van der Waals surface area (Å²) in [5.41, 5.74) is 2.41. The predicted octanol–water partition coefficient (Wildman–Crippen LogP) is 3.99. The van der Waals surface area contributed by atoms with E-state index in [2.05, 4.69) is 10.0 Å². The summed E-state index contributed by atoms with van der Waals surface area (Å²) in [4.78, 5) is 12.9. The first-order valence-electron chi connectivity index (χ1n) is 12.7. The van der Waals surface area contributed by atoms with Crippen molar-refractivity contribution in [1.82, 2.24) is 4.31 Å². The lowest BCUT2D eigenvalue weighted by Gasteiger charge is -2.30. The number of piperidine rings is 1. The number of amides is 1. The van der Waals surface area contributed by atoms with E-state index in [0.29, 0.717) is 30.0 Å². The molecule has 0 aromatic heterocycles. The lowest BCUT2D eigenvalue weighted by atomic mass is 9.97. The molecule has 2 N–H and O–H groups in total. The Morgan fingerprint density at radius 1 is 0.925 bits per heavy atom. The van der Waals surface area contributed by atoms with Gasteiger partial charge in [-0.1, -0.05) is 29.8 Å². The third-order valence-electron chi connectivity index (χ3n) is 6.73. The Hall–Kier alpha value is -3.61. The summed E-state index contributed by atoms with van der Waals surface area (Å²) < 4.78 is 66.0. The average molecular weight is 588 g/mol. The monoisotopic (exact) mass is 587 g/mol. The van der Waals surface area contributed by atoms with Crippen LogP contribution in [0.3, 0.4) is 0 Å². The van der Waals surface area contributed by atoms with Crippen LogP contribution in [0.15, 0.2) is 71.6 Å². The number of nitrogens with zero attached hydrogens (tertiary/aromatic N) is 1. The van der Waals surface area contributed by atoms with Crippen LogP contribution in [0.5, 0.6) is 11.5 Å². The van der Waals surface area contributed by atoms with Crippen LogP contribution >= 0.6 is 0 Å². The fourth-order valence-electron chi connectivity index (χ4n) is 4.56. The number of aryl methyl sites for hydroxylation is 1. The van der Waals surface area contributed by atoms with E-state index >= 15 is 0 Å². The second kappa shape index (κ2) is 12.3. The molecule has 214 valence electrons. The number of hydrogen-bond acceptors (Lipinski definition) is 7. The molecule has 12 heteroatoms. The summed E-state index contributed by atoms with van der Waals surface area (Å²) in [6.45, 7) is 2.45. The van der Waals surface area contributed by atoms with Gasteiger partial charge in [-0.3, -0.25) is 9.52 Å². The largest absolute Gasteiger partial charge is 0.497 e. The zero-order valence-electron chi connectivity index (χ0n) is 22.6. The van der Waals surface area contributed by atoms with E-state index in [1.165, 1.54) is 48.9 Å². The molecule has 3 aromatic carbocycles. The minimum atomic E-state index is -3.94. The van der Waals surface area contributed by atoms with Gasteiger partial charge in [0.2, 0.25) is 15.9 Å². The van der Waals surface area contributed by atoms with E-state index in [4.69, 9.17) is 9.47 Å². The average Bonchev–Trinajstić information content (AvgIpc) is 2.93. The maximum absolute atomic E-state index is 12.9. The van der Waals surface area contributed by atoms with E-state index in [1.54, 1.807) is 18.2 Å². The second-order valence-electron chi connectivity index (χ2n) is 9.60. The van der Waals surface area contributed by atoms with Gasteiger partial charge in [-0.2, -0.15) is 0 Å². The molecule has 1 fully saturated rings. The normalized spacial score (nSPS) is 14.9. The molecule has 40 heavy (non-hydrogen) atoms. The first-order valence-corrected chi connectivity index (χ1v) is 15.8. The fourth-order valence-corrected chi connectivity index (χ4v) is 7.17. The molecule has 1 aliphatic heterocycles. The maximum Gasteiger partial charge on any atom is 0.262 e. The Kier molecular flexibility index (Phi) is 9.02. The van der Waals surface area contributed by atoms with E-state index in [1.807, 2.05) is 25.1 Å². The van der Waals surface area contributed by atoms with Crippen LogP contribution in [-0.2, 0) is 30.6 Å². The number of rotatable bonds is 10. The first-order chi connectivity index (χ1) is 19.0. The highest BCUT2D eigenvalue weighted by Crippen LogP contribution is 2.31. The van der Waals surface area contributed by atoms with E-state index in [0.717, 1.165) is 11.1 Å². The van der Waals surface area contributed by atoms with Gasteiger partial charge < -0.3 is 14.8 Å². The van der Waals surface area contributed by atoms with Crippen LogP contribution < -0.4 is 19.5 Å². The predicted molar refractivity (Wildman–Crippen MR) is 154 cm³/mol. The maximum atomic E-state index is 12.9. The van der Waals surface area contributed by atoms with E-state index < -0.39 is 20.0 Å². The van der Waals surface area contributed by atoms with E-state index in [-0.39, 0.29) is 41.3 Å². The van der Waals surface area contributed by atoms with Gasteiger partial charge in [0.05, 0.1) is 30.6 Å². The third-order valence-corrected chi connectivity index (χ3v) is 9.96. The van der Waals surface area contributed by atoms with Gasteiger partial charge in [0.25, 0.3) is 10.0 Å². The molecule has 1 aliphatic rings. The lowest BCUT2D eigenvalue weighted by Crippen LogP contribution is -2.41. The number of methoxy groups -OCH3 is 2. The topological polar surface area (TPSA) is 131 Å². The van der Waals surface area contributed by atoms with Crippen molar-refractivity contribution in [2.45, 2.75) is 30.4 Å². The Bertz CT molecular complexity index is 1570.